The van der Waals surface area contributed by atoms with Crippen molar-refractivity contribution >= 4 is 5.97 Å². The van der Waals surface area contributed by atoms with Crippen LogP contribution < -0.4 is 0 Å². The van der Waals surface area contributed by atoms with Crippen LogP contribution in [-0.2, 0) is 20.7 Å². The zero-order chi connectivity index (χ0) is 14.3. The smallest absolute Gasteiger partial charge is 0.307 e. The van der Waals surface area contributed by atoms with Crippen molar-refractivity contribution in [3.8, 4) is 0 Å². The van der Waals surface area contributed by atoms with Gasteiger partial charge >= 0.3 is 5.97 Å². The topological polar surface area (TPSA) is 55.8 Å². The maximum absolute atomic E-state index is 10.6. The third kappa shape index (κ3) is 5.85. The van der Waals surface area contributed by atoms with E-state index < -0.39 is 5.97 Å². The molecule has 2 rings (SSSR count). The van der Waals surface area contributed by atoms with Gasteiger partial charge in [-0.3, -0.25) is 4.79 Å². The molecular weight excluding hydrogens is 244 g/mol. The number of aliphatic carboxylic acids is 1. The van der Waals surface area contributed by atoms with Gasteiger partial charge in [0.1, 0.15) is 0 Å². The second-order valence-corrected chi connectivity index (χ2v) is 4.67. The van der Waals surface area contributed by atoms with Crippen LogP contribution in [0.3, 0.4) is 0 Å². The lowest BCUT2D eigenvalue weighted by Crippen LogP contribution is -2.16. The summed E-state index contributed by atoms with van der Waals surface area (Å²) in [4.78, 5) is 10.6. The molecule has 0 aromatic heterocycles. The second-order valence-electron chi connectivity index (χ2n) is 4.67. The van der Waals surface area contributed by atoms with Crippen LogP contribution in [0.2, 0.25) is 0 Å². The highest BCUT2D eigenvalue weighted by molar-refractivity contribution is 5.71. The molecule has 0 radical (unpaired) electrons. The average Bonchev–Trinajstić information content (AvgIpc) is 2.36. The molecule has 1 N–H and O–H groups in total. The summed E-state index contributed by atoms with van der Waals surface area (Å²) < 4.78 is 9.89. The quantitative estimate of drug-likeness (QED) is 0.892. The number of carboxylic acid groups (broad SMARTS) is 1. The van der Waals surface area contributed by atoms with Crippen molar-refractivity contribution in [2.45, 2.75) is 27.2 Å². The second kappa shape index (κ2) is 7.92. The molecule has 1 aromatic rings. The van der Waals surface area contributed by atoms with E-state index in [1.807, 2.05) is 32.9 Å². The highest BCUT2D eigenvalue weighted by atomic mass is 16.6. The summed E-state index contributed by atoms with van der Waals surface area (Å²) in [5.41, 5.74) is 4.27. The third-order valence-corrected chi connectivity index (χ3v) is 2.91. The van der Waals surface area contributed by atoms with E-state index in [4.69, 9.17) is 14.6 Å². The monoisotopic (exact) mass is 266 g/mol. The van der Waals surface area contributed by atoms with Crippen LogP contribution in [0.15, 0.2) is 12.1 Å². The normalized spacial score (nSPS) is 14.5. The summed E-state index contributed by atoms with van der Waals surface area (Å²) in [5.74, 6) is -0.768. The fourth-order valence-corrected chi connectivity index (χ4v) is 2.08. The Labute approximate surface area is 114 Å². The lowest BCUT2D eigenvalue weighted by Gasteiger charge is -2.09. The Morgan fingerprint density at radius 2 is 1.47 bits per heavy atom. The van der Waals surface area contributed by atoms with E-state index in [9.17, 15) is 4.79 Å². The van der Waals surface area contributed by atoms with Gasteiger partial charge in [0.15, 0.2) is 0 Å². The van der Waals surface area contributed by atoms with E-state index in [0.29, 0.717) is 0 Å². The number of aryl methyl sites for hydroxylation is 3. The van der Waals surface area contributed by atoms with Crippen molar-refractivity contribution in [1.82, 2.24) is 0 Å². The lowest BCUT2D eigenvalue weighted by atomic mass is 9.97. The summed E-state index contributed by atoms with van der Waals surface area (Å²) >= 11 is 0. The van der Waals surface area contributed by atoms with Crippen LogP contribution >= 0.6 is 0 Å². The van der Waals surface area contributed by atoms with Crippen molar-refractivity contribution in [3.05, 3.63) is 34.4 Å². The van der Waals surface area contributed by atoms with Crippen LogP contribution in [-0.4, -0.2) is 37.5 Å². The van der Waals surface area contributed by atoms with Gasteiger partial charge in [-0.15, -0.1) is 0 Å². The van der Waals surface area contributed by atoms with Gasteiger partial charge in [-0.25, -0.2) is 0 Å². The maximum Gasteiger partial charge on any atom is 0.307 e. The van der Waals surface area contributed by atoms with Gasteiger partial charge in [-0.2, -0.15) is 0 Å². The molecule has 0 bridgehead atoms. The summed E-state index contributed by atoms with van der Waals surface area (Å²) in [6.07, 6.45) is 0.123. The Bertz CT molecular complexity index is 388. The van der Waals surface area contributed by atoms with Gasteiger partial charge in [0.25, 0.3) is 0 Å². The number of hydrogen-bond acceptors (Lipinski definition) is 3. The molecule has 106 valence electrons. The summed E-state index contributed by atoms with van der Waals surface area (Å²) in [6.45, 7) is 9.04. The first-order valence-corrected chi connectivity index (χ1v) is 6.44. The van der Waals surface area contributed by atoms with Crippen LogP contribution in [0.4, 0.5) is 0 Å². The Balaban J connectivity index is 0.000000250. The summed E-state index contributed by atoms with van der Waals surface area (Å²) in [7, 11) is 0. The number of carboxylic acids is 1. The molecule has 1 fully saturated rings. The number of benzene rings is 1. The molecule has 19 heavy (non-hydrogen) atoms. The van der Waals surface area contributed by atoms with Gasteiger partial charge in [0.2, 0.25) is 0 Å². The molecule has 0 atom stereocenters. The van der Waals surface area contributed by atoms with Crippen LogP contribution in [0.25, 0.3) is 0 Å². The molecule has 1 aromatic carbocycles. The van der Waals surface area contributed by atoms with E-state index in [0.717, 1.165) is 43.1 Å². The zero-order valence-electron chi connectivity index (χ0n) is 11.9. The number of carbonyl (C=O) groups is 1. The fraction of sp³-hybridized carbons (Fsp3) is 0.533. The minimum atomic E-state index is -0.768. The van der Waals surface area contributed by atoms with Crippen molar-refractivity contribution in [1.29, 1.82) is 0 Å². The SMILES string of the molecule is C1COCCO1.Cc1cc(C)c(CC(=O)O)c(C)c1. The lowest BCUT2D eigenvalue weighted by molar-refractivity contribution is -0.136. The number of hydrogen-bond donors (Lipinski definition) is 1. The van der Waals surface area contributed by atoms with Crippen molar-refractivity contribution < 1.29 is 19.4 Å². The van der Waals surface area contributed by atoms with Crippen molar-refractivity contribution in [2.24, 2.45) is 0 Å². The molecule has 0 aliphatic carbocycles. The third-order valence-electron chi connectivity index (χ3n) is 2.91. The van der Waals surface area contributed by atoms with Crippen LogP contribution in [0.5, 0.6) is 0 Å². The van der Waals surface area contributed by atoms with Gasteiger partial charge in [-0.1, -0.05) is 17.7 Å². The Kier molecular flexibility index (Phi) is 6.53. The van der Waals surface area contributed by atoms with Gasteiger partial charge < -0.3 is 14.6 Å². The molecule has 0 saturated carbocycles. The predicted octanol–water partition coefficient (Wildman–Crippen LogP) is 2.27. The van der Waals surface area contributed by atoms with E-state index in [-0.39, 0.29) is 6.42 Å². The number of rotatable bonds is 2. The minimum absolute atomic E-state index is 0.123. The Morgan fingerprint density at radius 3 is 1.79 bits per heavy atom. The highest BCUT2D eigenvalue weighted by Crippen LogP contribution is 2.16. The maximum atomic E-state index is 10.6. The largest absolute Gasteiger partial charge is 0.481 e. The van der Waals surface area contributed by atoms with E-state index >= 15 is 0 Å². The fourth-order valence-electron chi connectivity index (χ4n) is 2.08. The van der Waals surface area contributed by atoms with Gasteiger partial charge in [0, 0.05) is 0 Å². The first kappa shape index (κ1) is 15.7. The van der Waals surface area contributed by atoms with Crippen LogP contribution in [0.1, 0.15) is 22.3 Å². The van der Waals surface area contributed by atoms with E-state index in [1.54, 1.807) is 0 Å². The van der Waals surface area contributed by atoms with Crippen molar-refractivity contribution in [2.75, 3.05) is 26.4 Å². The van der Waals surface area contributed by atoms with E-state index in [2.05, 4.69) is 0 Å². The minimum Gasteiger partial charge on any atom is -0.481 e. The predicted molar refractivity (Wildman–Crippen MR) is 73.6 cm³/mol. The standard InChI is InChI=1S/C11H14O2.C4H8O2/c1-7-4-8(2)10(6-11(12)13)9(3)5-7;1-2-6-4-3-5-1/h4-5H,6H2,1-3H3,(H,12,13);1-4H2. The average molecular weight is 266 g/mol. The number of ether oxygens (including phenoxy) is 2. The molecular formula is C15H22O4. The van der Waals surface area contributed by atoms with Crippen molar-refractivity contribution in [3.63, 3.8) is 0 Å². The zero-order valence-corrected chi connectivity index (χ0v) is 11.9. The van der Waals surface area contributed by atoms with Crippen LogP contribution in [0, 0.1) is 20.8 Å². The highest BCUT2D eigenvalue weighted by Gasteiger charge is 2.07. The molecule has 1 saturated heterocycles. The first-order chi connectivity index (χ1) is 9.00. The molecule has 4 heteroatoms. The van der Waals surface area contributed by atoms with Gasteiger partial charge in [-0.05, 0) is 37.5 Å². The molecule has 0 spiro atoms. The molecule has 0 unspecified atom stereocenters. The molecule has 4 nitrogen and oxygen atoms in total. The molecule has 1 aliphatic rings. The summed E-state index contributed by atoms with van der Waals surface area (Å²) in [5, 5.41) is 8.69. The molecule has 1 aliphatic heterocycles. The molecule has 0 amide bonds. The first-order valence-electron chi connectivity index (χ1n) is 6.44. The molecule has 1 heterocycles. The Hall–Kier alpha value is -1.39. The van der Waals surface area contributed by atoms with Gasteiger partial charge in [0.05, 0.1) is 32.8 Å². The summed E-state index contributed by atoms with van der Waals surface area (Å²) in [6, 6.07) is 4.04. The Morgan fingerprint density at radius 1 is 1.05 bits per heavy atom. The van der Waals surface area contributed by atoms with E-state index in [1.165, 1.54) is 5.56 Å².